The van der Waals surface area contributed by atoms with E-state index in [1.54, 1.807) is 6.92 Å². The molecule has 0 spiro atoms. The highest BCUT2D eigenvalue weighted by Crippen LogP contribution is 2.06. The smallest absolute Gasteiger partial charge is 0.306 e. The molecule has 2 nitrogen and oxygen atoms in total. The van der Waals surface area contributed by atoms with Crippen molar-refractivity contribution < 1.29 is 9.53 Å². The highest BCUT2D eigenvalue weighted by Gasteiger charge is 1.98. The van der Waals surface area contributed by atoms with Crippen LogP contribution in [-0.2, 0) is 9.53 Å². The van der Waals surface area contributed by atoms with Gasteiger partial charge < -0.3 is 4.74 Å². The van der Waals surface area contributed by atoms with E-state index in [2.05, 4.69) is 16.4 Å². The molecule has 0 rings (SSSR count). The molecule has 0 bridgehead atoms. The van der Waals surface area contributed by atoms with Crippen molar-refractivity contribution in [1.29, 1.82) is 0 Å². The summed E-state index contributed by atoms with van der Waals surface area (Å²) in [7, 11) is 1.35. The molecule has 0 aliphatic heterocycles. The van der Waals surface area contributed by atoms with Gasteiger partial charge in [-0.3, -0.25) is 4.79 Å². The van der Waals surface area contributed by atoms with Crippen LogP contribution >= 0.6 is 22.5 Å². The van der Waals surface area contributed by atoms with Crippen LogP contribution in [0.4, 0.5) is 0 Å². The van der Waals surface area contributed by atoms with Gasteiger partial charge in [-0.1, -0.05) is 10.8 Å². The molecule has 0 unspecified atom stereocenters. The number of esters is 1. The minimum Gasteiger partial charge on any atom is -0.466 e. The Labute approximate surface area is 64.2 Å². The van der Waals surface area contributed by atoms with Crippen LogP contribution in [0.5, 0.6) is 0 Å². The Balaban J connectivity index is 3.06. The number of rotatable bonds is 4. The average Bonchev–Trinajstić information content (AvgIpc) is 1.85. The maximum absolute atomic E-state index is 10.5. The summed E-state index contributed by atoms with van der Waals surface area (Å²) in [4.78, 5) is 10.5. The van der Waals surface area contributed by atoms with Crippen LogP contribution in [0.2, 0.25) is 0 Å². The molecular formula is C5H10O2S2. The fraction of sp³-hybridized carbons (Fsp3) is 0.800. The number of thiol groups is 1. The predicted octanol–water partition coefficient (Wildman–Crippen LogP) is 1.52. The van der Waals surface area contributed by atoms with Crippen molar-refractivity contribution in [3.05, 3.63) is 0 Å². The lowest BCUT2D eigenvalue weighted by molar-refractivity contribution is -0.142. The van der Waals surface area contributed by atoms with E-state index >= 15 is 0 Å². The van der Waals surface area contributed by atoms with E-state index < -0.39 is 0 Å². The van der Waals surface area contributed by atoms with E-state index in [0.29, 0.717) is 13.0 Å². The molecule has 0 aromatic rings. The molecule has 0 atom stereocenters. The van der Waals surface area contributed by atoms with Gasteiger partial charge in [-0.05, 0) is 6.92 Å². The second kappa shape index (κ2) is 6.29. The number of hydrogen-bond acceptors (Lipinski definition) is 4. The molecule has 0 radical (unpaired) electrons. The summed E-state index contributed by atoms with van der Waals surface area (Å²) in [5, 5.41) is 0. The Bertz CT molecular complexity index is 85.0. The van der Waals surface area contributed by atoms with Gasteiger partial charge in [0.05, 0.1) is 13.0 Å². The largest absolute Gasteiger partial charge is 0.466 e. The number of ether oxygens (including phenoxy) is 1. The topological polar surface area (TPSA) is 26.3 Å². The quantitative estimate of drug-likeness (QED) is 0.389. The van der Waals surface area contributed by atoms with Crippen molar-refractivity contribution in [2.75, 3.05) is 12.4 Å². The van der Waals surface area contributed by atoms with E-state index in [-0.39, 0.29) is 5.97 Å². The van der Waals surface area contributed by atoms with Crippen LogP contribution in [0.3, 0.4) is 0 Å². The van der Waals surface area contributed by atoms with Gasteiger partial charge in [0.15, 0.2) is 0 Å². The summed E-state index contributed by atoms with van der Waals surface area (Å²) >= 11 is 3.87. The second-order valence-corrected chi connectivity index (χ2v) is 2.83. The zero-order valence-electron chi connectivity index (χ0n) is 5.29. The molecule has 0 aliphatic carbocycles. The number of carbonyl (C=O) groups excluding carboxylic acids is 1. The van der Waals surface area contributed by atoms with Crippen molar-refractivity contribution in [3.63, 3.8) is 0 Å². The van der Waals surface area contributed by atoms with Crippen molar-refractivity contribution >= 4 is 28.4 Å². The fourth-order valence-electron chi connectivity index (χ4n) is 0.362. The first-order valence-electron chi connectivity index (χ1n) is 2.73. The minimum absolute atomic E-state index is 0.140. The molecule has 0 N–H and O–H groups in total. The first kappa shape index (κ1) is 9.17. The van der Waals surface area contributed by atoms with E-state index in [1.807, 2.05) is 0 Å². The lowest BCUT2D eigenvalue weighted by atomic mass is 10.5. The third kappa shape index (κ3) is 6.05. The molecule has 0 heterocycles. The minimum atomic E-state index is -0.140. The summed E-state index contributed by atoms with van der Waals surface area (Å²) < 4.78 is 4.66. The van der Waals surface area contributed by atoms with Crippen molar-refractivity contribution in [1.82, 2.24) is 0 Å². The van der Waals surface area contributed by atoms with E-state index in [0.717, 1.165) is 5.75 Å². The fourth-order valence-corrected chi connectivity index (χ4v) is 0.894. The maximum atomic E-state index is 10.5. The highest BCUT2D eigenvalue weighted by atomic mass is 33.1. The molecule has 54 valence electrons. The normalized spacial score (nSPS) is 9.11. The molecule has 0 saturated heterocycles. The van der Waals surface area contributed by atoms with Gasteiger partial charge in [0.2, 0.25) is 0 Å². The molecule has 0 aliphatic rings. The van der Waals surface area contributed by atoms with Gasteiger partial charge in [0.25, 0.3) is 0 Å². The van der Waals surface area contributed by atoms with Crippen LogP contribution in [0.25, 0.3) is 0 Å². The number of carbonyl (C=O) groups is 1. The summed E-state index contributed by atoms with van der Waals surface area (Å²) in [5.41, 5.74) is 0. The van der Waals surface area contributed by atoms with Crippen LogP contribution in [0.15, 0.2) is 0 Å². The Morgan fingerprint density at radius 2 is 2.44 bits per heavy atom. The van der Waals surface area contributed by atoms with Gasteiger partial charge in [0, 0.05) is 5.75 Å². The van der Waals surface area contributed by atoms with Crippen LogP contribution < -0.4 is 0 Å². The maximum Gasteiger partial charge on any atom is 0.306 e. The van der Waals surface area contributed by atoms with Crippen LogP contribution in [0.1, 0.15) is 13.3 Å². The zero-order valence-corrected chi connectivity index (χ0v) is 7.00. The van der Waals surface area contributed by atoms with Crippen LogP contribution in [-0.4, -0.2) is 18.3 Å². The van der Waals surface area contributed by atoms with Gasteiger partial charge in [0.1, 0.15) is 0 Å². The molecule has 0 amide bonds. The predicted molar refractivity (Wildman–Crippen MR) is 42.7 cm³/mol. The van der Waals surface area contributed by atoms with Gasteiger partial charge in [-0.2, -0.15) is 0 Å². The highest BCUT2D eigenvalue weighted by molar-refractivity contribution is 8.68. The van der Waals surface area contributed by atoms with Gasteiger partial charge in [-0.25, -0.2) is 0 Å². The lowest BCUT2D eigenvalue weighted by Crippen LogP contribution is -2.03. The SMILES string of the molecule is CCOC(=O)CCSS. The van der Waals surface area contributed by atoms with Gasteiger partial charge in [-0.15, -0.1) is 11.7 Å². The first-order valence-corrected chi connectivity index (χ1v) is 4.77. The molecular weight excluding hydrogens is 156 g/mol. The third-order valence-electron chi connectivity index (χ3n) is 0.703. The van der Waals surface area contributed by atoms with Crippen molar-refractivity contribution in [2.24, 2.45) is 0 Å². The summed E-state index contributed by atoms with van der Waals surface area (Å²) in [6.07, 6.45) is 0.460. The standard InChI is InChI=1S/C5H10O2S2/c1-2-7-5(6)3-4-9-8/h8H,2-4H2,1H3. The molecule has 4 heteroatoms. The van der Waals surface area contributed by atoms with Crippen molar-refractivity contribution in [2.45, 2.75) is 13.3 Å². The first-order chi connectivity index (χ1) is 4.31. The molecule has 9 heavy (non-hydrogen) atoms. The average molecular weight is 166 g/mol. The van der Waals surface area contributed by atoms with E-state index in [4.69, 9.17) is 0 Å². The van der Waals surface area contributed by atoms with Crippen molar-refractivity contribution in [3.8, 4) is 0 Å². The summed E-state index contributed by atoms with van der Waals surface area (Å²) in [5.74, 6) is 0.584. The molecule has 0 aromatic carbocycles. The van der Waals surface area contributed by atoms with Gasteiger partial charge >= 0.3 is 5.97 Å². The Hall–Kier alpha value is 0.170. The summed E-state index contributed by atoms with van der Waals surface area (Å²) in [6, 6.07) is 0. The molecule has 0 saturated carbocycles. The Morgan fingerprint density at radius 3 is 2.89 bits per heavy atom. The van der Waals surface area contributed by atoms with Crippen LogP contribution in [0, 0.1) is 0 Å². The molecule has 0 aromatic heterocycles. The third-order valence-corrected chi connectivity index (χ3v) is 1.64. The van der Waals surface area contributed by atoms with E-state index in [9.17, 15) is 4.79 Å². The van der Waals surface area contributed by atoms with E-state index in [1.165, 1.54) is 10.8 Å². The zero-order chi connectivity index (χ0) is 7.11. The Kier molecular flexibility index (Phi) is 6.41. The molecule has 0 fully saturated rings. The monoisotopic (exact) mass is 166 g/mol. The summed E-state index contributed by atoms with van der Waals surface area (Å²) in [6.45, 7) is 2.27. The number of hydrogen-bond donors (Lipinski definition) is 1. The lowest BCUT2D eigenvalue weighted by Gasteiger charge is -1.97. The Morgan fingerprint density at radius 1 is 1.78 bits per heavy atom. The second-order valence-electron chi connectivity index (χ2n) is 1.39.